The van der Waals surface area contributed by atoms with Gasteiger partial charge in [-0.15, -0.1) is 0 Å². The Morgan fingerprint density at radius 1 is 1.21 bits per heavy atom. The topological polar surface area (TPSA) is 102 Å². The zero-order valence-electron chi connectivity index (χ0n) is 22.1. The van der Waals surface area contributed by atoms with Gasteiger partial charge < -0.3 is 15.8 Å². The summed E-state index contributed by atoms with van der Waals surface area (Å²) < 4.78 is 48.1. The number of nitrogens with zero attached hydrogens (tertiary/aromatic N) is 1. The second kappa shape index (κ2) is 11.9. The zero-order valence-corrected chi connectivity index (χ0v) is 23.7. The first kappa shape index (κ1) is 28.6. The lowest BCUT2D eigenvalue weighted by atomic mass is 9.67. The van der Waals surface area contributed by atoms with Gasteiger partial charge in [0.25, 0.3) is 0 Å². The number of rotatable bonds is 8. The Hall–Kier alpha value is -1.88. The molecule has 3 heterocycles. The molecular formula is C29H37ClFN3O4S. The number of hydrogen-bond donors (Lipinski definition) is 2. The van der Waals surface area contributed by atoms with E-state index in [-0.39, 0.29) is 35.9 Å². The third-order valence-electron chi connectivity index (χ3n) is 8.82. The molecule has 4 atom stereocenters. The fraction of sp³-hybridized carbons (Fsp3) is 0.552. The van der Waals surface area contributed by atoms with Crippen LogP contribution in [0, 0.1) is 5.82 Å². The number of hydrogen-bond acceptors (Lipinski definition) is 6. The standard InChI is InChI=1S/C29H37ClFN3O4S/c30-22-8-6-21(7-9-22)29(12-14-38-15-13-29)28(32)27(35)17-20-3-1-5-26(31)25(20)11-10-24-18-33-23-4-2-16-39(36,37)34(24)19-23/h1,3,5-9,23-24,28,33H,2,4,10-19,32H2/t23?,24-,28+/m0/s1. The average molecular weight is 578 g/mol. The van der Waals surface area contributed by atoms with E-state index in [1.165, 1.54) is 6.07 Å². The quantitative estimate of drug-likeness (QED) is 0.499. The van der Waals surface area contributed by atoms with Gasteiger partial charge in [0.2, 0.25) is 10.0 Å². The Balaban J connectivity index is 1.34. The lowest BCUT2D eigenvalue weighted by Gasteiger charge is -2.41. The number of sulfonamides is 1. The van der Waals surface area contributed by atoms with Gasteiger partial charge in [-0.05, 0) is 73.4 Å². The van der Waals surface area contributed by atoms with Gasteiger partial charge in [-0.3, -0.25) is 4.79 Å². The van der Waals surface area contributed by atoms with Crippen molar-refractivity contribution in [3.63, 3.8) is 0 Å². The van der Waals surface area contributed by atoms with Gasteiger partial charge in [0.1, 0.15) is 5.82 Å². The molecule has 0 spiro atoms. The molecule has 2 unspecified atom stereocenters. The molecule has 0 amide bonds. The number of carbonyl (C=O) groups excluding carboxylic acids is 1. The van der Waals surface area contributed by atoms with Crippen molar-refractivity contribution in [3.8, 4) is 0 Å². The van der Waals surface area contributed by atoms with Crippen molar-refractivity contribution < 1.29 is 22.3 Å². The molecule has 2 aromatic rings. The largest absolute Gasteiger partial charge is 0.381 e. The van der Waals surface area contributed by atoms with Crippen molar-refractivity contribution in [1.82, 2.24) is 9.62 Å². The van der Waals surface area contributed by atoms with Gasteiger partial charge >= 0.3 is 0 Å². The third-order valence-corrected chi connectivity index (χ3v) is 11.0. The summed E-state index contributed by atoms with van der Waals surface area (Å²) >= 11 is 6.12. The molecule has 0 saturated carbocycles. The van der Waals surface area contributed by atoms with E-state index in [4.69, 9.17) is 22.1 Å². The van der Waals surface area contributed by atoms with Crippen molar-refractivity contribution in [2.75, 3.05) is 32.1 Å². The SMILES string of the molecule is N[C@H](C(=O)Cc1cccc(F)c1CC[C@H]1CNC2CCCS(=O)(=O)N1C2)C1(c2ccc(Cl)cc2)CCOCC1. The monoisotopic (exact) mass is 577 g/mol. The number of ketones is 1. The van der Waals surface area contributed by atoms with Crippen LogP contribution in [0.25, 0.3) is 0 Å². The van der Waals surface area contributed by atoms with Gasteiger partial charge in [0.05, 0.1) is 11.8 Å². The summed E-state index contributed by atoms with van der Waals surface area (Å²) in [7, 11) is -3.33. The van der Waals surface area contributed by atoms with E-state index in [1.807, 2.05) is 24.3 Å². The fourth-order valence-electron chi connectivity index (χ4n) is 6.51. The van der Waals surface area contributed by atoms with E-state index in [9.17, 15) is 13.2 Å². The number of nitrogens with two attached hydrogens (primary N) is 1. The summed E-state index contributed by atoms with van der Waals surface area (Å²) in [4.78, 5) is 13.7. The molecule has 39 heavy (non-hydrogen) atoms. The summed E-state index contributed by atoms with van der Waals surface area (Å²) in [5.74, 6) is -0.386. The molecule has 3 saturated heterocycles. The normalized spacial score (nSPS) is 26.9. The predicted molar refractivity (Wildman–Crippen MR) is 150 cm³/mol. The van der Waals surface area contributed by atoms with Gasteiger partial charge in [-0.2, -0.15) is 4.31 Å². The molecule has 3 aliphatic heterocycles. The maximum absolute atomic E-state index is 15.1. The highest BCUT2D eigenvalue weighted by atomic mass is 35.5. The van der Waals surface area contributed by atoms with Crippen LogP contribution in [-0.4, -0.2) is 68.7 Å². The van der Waals surface area contributed by atoms with Gasteiger partial charge in [0.15, 0.2) is 5.78 Å². The van der Waals surface area contributed by atoms with E-state index < -0.39 is 21.5 Å². The van der Waals surface area contributed by atoms with Crippen LogP contribution in [0.4, 0.5) is 4.39 Å². The Labute approximate surface area is 235 Å². The molecular weight excluding hydrogens is 541 g/mol. The van der Waals surface area contributed by atoms with Crippen LogP contribution in [0.3, 0.4) is 0 Å². The number of halogens is 2. The third kappa shape index (κ3) is 6.09. The molecule has 3 N–H and O–H groups in total. The summed E-state index contributed by atoms with van der Waals surface area (Å²) in [6.07, 6.45) is 3.52. The van der Waals surface area contributed by atoms with Crippen molar-refractivity contribution in [1.29, 1.82) is 0 Å². The van der Waals surface area contributed by atoms with Crippen LogP contribution in [0.1, 0.15) is 48.8 Å². The number of benzene rings is 2. The summed E-state index contributed by atoms with van der Waals surface area (Å²) in [5.41, 5.74) is 8.15. The van der Waals surface area contributed by atoms with Crippen molar-refractivity contribution in [2.24, 2.45) is 5.73 Å². The Morgan fingerprint density at radius 2 is 1.95 bits per heavy atom. The van der Waals surface area contributed by atoms with Gasteiger partial charge in [0, 0.05) is 55.2 Å². The highest BCUT2D eigenvalue weighted by molar-refractivity contribution is 7.89. The zero-order chi connectivity index (χ0) is 27.6. The fourth-order valence-corrected chi connectivity index (χ4v) is 8.44. The summed E-state index contributed by atoms with van der Waals surface area (Å²) in [6, 6.07) is 11.4. The Bertz CT molecular complexity index is 1280. The molecule has 7 nitrogen and oxygen atoms in total. The van der Waals surface area contributed by atoms with Crippen LogP contribution < -0.4 is 11.1 Å². The Kier molecular flexibility index (Phi) is 8.76. The Morgan fingerprint density at radius 3 is 2.69 bits per heavy atom. The minimum absolute atomic E-state index is 0.0114. The average Bonchev–Trinajstić information content (AvgIpc) is 3.04. The minimum Gasteiger partial charge on any atom is -0.381 e. The molecule has 10 heteroatoms. The first-order chi connectivity index (χ1) is 18.7. The van der Waals surface area contributed by atoms with E-state index in [2.05, 4.69) is 5.32 Å². The minimum atomic E-state index is -3.33. The maximum Gasteiger partial charge on any atom is 0.214 e. The van der Waals surface area contributed by atoms with Gasteiger partial charge in [-0.1, -0.05) is 35.9 Å². The second-order valence-corrected chi connectivity index (χ2v) is 13.6. The van der Waals surface area contributed by atoms with Crippen LogP contribution in [0.2, 0.25) is 5.02 Å². The predicted octanol–water partition coefficient (Wildman–Crippen LogP) is 3.37. The molecule has 5 rings (SSSR count). The summed E-state index contributed by atoms with van der Waals surface area (Å²) in [5, 5.41) is 4.07. The lowest BCUT2D eigenvalue weighted by Crippen LogP contribution is -2.57. The molecule has 3 aliphatic rings. The number of ether oxygens (including phenoxy) is 1. The van der Waals surface area contributed by atoms with E-state index in [0.29, 0.717) is 74.6 Å². The highest BCUT2D eigenvalue weighted by Crippen LogP contribution is 2.39. The first-order valence-electron chi connectivity index (χ1n) is 13.8. The smallest absolute Gasteiger partial charge is 0.214 e. The lowest BCUT2D eigenvalue weighted by molar-refractivity contribution is -0.122. The van der Waals surface area contributed by atoms with Crippen LogP contribution >= 0.6 is 11.6 Å². The van der Waals surface area contributed by atoms with Crippen LogP contribution in [0.5, 0.6) is 0 Å². The van der Waals surface area contributed by atoms with Crippen molar-refractivity contribution in [2.45, 2.75) is 68.5 Å². The highest BCUT2D eigenvalue weighted by Gasteiger charge is 2.43. The van der Waals surface area contributed by atoms with E-state index in [0.717, 1.165) is 12.0 Å². The number of piperazine rings is 1. The number of nitrogens with one attached hydrogen (secondary N) is 1. The summed E-state index contributed by atoms with van der Waals surface area (Å²) in [6.45, 7) is 2.01. The molecule has 0 radical (unpaired) electrons. The van der Waals surface area contributed by atoms with Crippen molar-refractivity contribution >= 4 is 27.4 Å². The molecule has 2 aromatic carbocycles. The van der Waals surface area contributed by atoms with Gasteiger partial charge in [-0.25, -0.2) is 12.8 Å². The first-order valence-corrected chi connectivity index (χ1v) is 15.8. The molecule has 2 bridgehead atoms. The van der Waals surface area contributed by atoms with E-state index >= 15 is 4.39 Å². The molecule has 212 valence electrons. The number of carbonyl (C=O) groups is 1. The van der Waals surface area contributed by atoms with Crippen LogP contribution in [-0.2, 0) is 37.8 Å². The number of fused-ring (bicyclic) bond motifs is 2. The van der Waals surface area contributed by atoms with Crippen LogP contribution in [0.15, 0.2) is 42.5 Å². The van der Waals surface area contributed by atoms with E-state index in [1.54, 1.807) is 16.4 Å². The maximum atomic E-state index is 15.1. The van der Waals surface area contributed by atoms with Crippen molar-refractivity contribution in [3.05, 3.63) is 70.0 Å². The molecule has 0 aromatic heterocycles. The second-order valence-electron chi connectivity index (χ2n) is 11.1. The molecule has 3 fully saturated rings. The number of Topliss-reactive ketones (excluding diaryl/α,β-unsaturated/α-hetero) is 1. The molecule has 0 aliphatic carbocycles.